The zero-order chi connectivity index (χ0) is 16.2. The first kappa shape index (κ1) is 16.5. The molecule has 1 heterocycles. The van der Waals surface area contributed by atoms with Gasteiger partial charge < -0.3 is 9.31 Å². The maximum Gasteiger partial charge on any atom is 0.495 e. The van der Waals surface area contributed by atoms with Crippen molar-refractivity contribution in [3.8, 4) is 0 Å². The van der Waals surface area contributed by atoms with Gasteiger partial charge in [-0.1, -0.05) is 12.1 Å². The molecule has 116 valence electrons. The van der Waals surface area contributed by atoms with E-state index in [4.69, 9.17) is 14.4 Å². The lowest BCUT2D eigenvalue weighted by Crippen LogP contribution is -2.41. The molecule has 2 N–H and O–H groups in total. The number of primary sulfonamides is 1. The highest BCUT2D eigenvalue weighted by atomic mass is 32.2. The summed E-state index contributed by atoms with van der Waals surface area (Å²) in [5, 5.41) is 5.32. The van der Waals surface area contributed by atoms with E-state index in [-0.39, 0.29) is 4.90 Å². The van der Waals surface area contributed by atoms with Crippen LogP contribution in [0.3, 0.4) is 0 Å². The Hall–Kier alpha value is -0.885. The summed E-state index contributed by atoms with van der Waals surface area (Å²) in [5.74, 6) is 0. The zero-order valence-electron chi connectivity index (χ0n) is 13.4. The molecule has 0 saturated carbocycles. The minimum absolute atomic E-state index is 0.148. The van der Waals surface area contributed by atoms with Gasteiger partial charge in [-0.15, -0.1) is 0 Å². The van der Waals surface area contributed by atoms with E-state index >= 15 is 0 Å². The third kappa shape index (κ3) is 2.75. The molecule has 0 aliphatic carbocycles. The summed E-state index contributed by atoms with van der Waals surface area (Å²) in [4.78, 5) is 0.148. The Morgan fingerprint density at radius 2 is 1.52 bits per heavy atom. The van der Waals surface area contributed by atoms with Gasteiger partial charge in [0.05, 0.1) is 16.1 Å². The van der Waals surface area contributed by atoms with Gasteiger partial charge >= 0.3 is 7.12 Å². The van der Waals surface area contributed by atoms with Gasteiger partial charge in [-0.05, 0) is 58.1 Å². The predicted molar refractivity (Wildman–Crippen MR) is 83.0 cm³/mol. The standard InChI is InChI=1S/C14H22BNO4S/c1-9-7-8-11(10(2)12(9)21(16,17)18)15-19-13(3,4)14(5,6)20-15/h7-8H,1-6H3,(H2,16,17,18). The van der Waals surface area contributed by atoms with Crippen molar-refractivity contribution in [2.24, 2.45) is 5.14 Å². The number of aryl methyl sites for hydroxylation is 1. The molecule has 1 aromatic rings. The topological polar surface area (TPSA) is 78.6 Å². The van der Waals surface area contributed by atoms with E-state index in [9.17, 15) is 8.42 Å². The van der Waals surface area contributed by atoms with Gasteiger partial charge in [0.15, 0.2) is 0 Å². The summed E-state index contributed by atoms with van der Waals surface area (Å²) in [6, 6.07) is 3.56. The van der Waals surface area contributed by atoms with Crippen molar-refractivity contribution >= 4 is 22.6 Å². The van der Waals surface area contributed by atoms with Crippen LogP contribution in [0.5, 0.6) is 0 Å². The lowest BCUT2D eigenvalue weighted by atomic mass is 9.76. The molecule has 0 spiro atoms. The molecule has 0 amide bonds. The summed E-state index contributed by atoms with van der Waals surface area (Å²) in [5.41, 5.74) is 0.947. The first-order valence-electron chi connectivity index (χ1n) is 6.85. The van der Waals surface area contributed by atoms with Crippen molar-refractivity contribution < 1.29 is 17.7 Å². The van der Waals surface area contributed by atoms with Gasteiger partial charge in [0, 0.05) is 0 Å². The first-order chi connectivity index (χ1) is 9.37. The molecule has 2 rings (SSSR count). The summed E-state index contributed by atoms with van der Waals surface area (Å²) in [6.45, 7) is 11.3. The van der Waals surface area contributed by atoms with Crippen LogP contribution in [-0.2, 0) is 19.3 Å². The van der Waals surface area contributed by atoms with Crippen LogP contribution in [0, 0.1) is 13.8 Å². The van der Waals surface area contributed by atoms with E-state index in [1.54, 1.807) is 19.9 Å². The zero-order valence-corrected chi connectivity index (χ0v) is 14.2. The Morgan fingerprint density at radius 1 is 1.05 bits per heavy atom. The number of hydrogen-bond donors (Lipinski definition) is 1. The molecule has 0 atom stereocenters. The van der Waals surface area contributed by atoms with Gasteiger partial charge in [-0.25, -0.2) is 13.6 Å². The molecule has 1 aliphatic heterocycles. The van der Waals surface area contributed by atoms with E-state index in [0.717, 1.165) is 0 Å². The van der Waals surface area contributed by atoms with Crippen LogP contribution < -0.4 is 10.6 Å². The van der Waals surface area contributed by atoms with Crippen LogP contribution in [-0.4, -0.2) is 26.7 Å². The smallest absolute Gasteiger partial charge is 0.399 e. The molecule has 1 fully saturated rings. The number of sulfonamides is 1. The highest BCUT2D eigenvalue weighted by molar-refractivity contribution is 7.89. The molecule has 7 heteroatoms. The number of hydrogen-bond acceptors (Lipinski definition) is 4. The maximum absolute atomic E-state index is 11.8. The Balaban J connectivity index is 2.54. The Kier molecular flexibility index (Phi) is 3.78. The van der Waals surface area contributed by atoms with Crippen molar-refractivity contribution in [2.75, 3.05) is 0 Å². The molecule has 0 radical (unpaired) electrons. The summed E-state index contributed by atoms with van der Waals surface area (Å²) < 4.78 is 35.5. The molecular weight excluding hydrogens is 289 g/mol. The lowest BCUT2D eigenvalue weighted by molar-refractivity contribution is 0.00578. The minimum atomic E-state index is -3.78. The van der Waals surface area contributed by atoms with E-state index in [1.165, 1.54) is 0 Å². The molecule has 21 heavy (non-hydrogen) atoms. The quantitative estimate of drug-likeness (QED) is 0.834. The second-order valence-electron chi connectivity index (χ2n) is 6.56. The van der Waals surface area contributed by atoms with Crippen LogP contribution in [0.25, 0.3) is 0 Å². The average Bonchev–Trinajstić information content (AvgIpc) is 2.45. The van der Waals surface area contributed by atoms with Crippen molar-refractivity contribution in [3.05, 3.63) is 23.3 Å². The first-order valence-corrected chi connectivity index (χ1v) is 8.40. The van der Waals surface area contributed by atoms with Crippen LogP contribution in [0.15, 0.2) is 17.0 Å². The van der Waals surface area contributed by atoms with Gasteiger partial charge in [0.2, 0.25) is 10.0 Å². The summed E-state index contributed by atoms with van der Waals surface area (Å²) >= 11 is 0. The predicted octanol–water partition coefficient (Wildman–Crippen LogP) is 1.25. The molecule has 1 saturated heterocycles. The molecular formula is C14H22BNO4S. The normalized spacial score (nSPS) is 20.8. The highest BCUT2D eigenvalue weighted by Crippen LogP contribution is 2.37. The van der Waals surface area contributed by atoms with Crippen LogP contribution in [0.4, 0.5) is 0 Å². The fourth-order valence-electron chi connectivity index (χ4n) is 2.51. The van der Waals surface area contributed by atoms with E-state index in [0.29, 0.717) is 16.6 Å². The van der Waals surface area contributed by atoms with Crippen LogP contribution in [0.1, 0.15) is 38.8 Å². The van der Waals surface area contributed by atoms with Crippen molar-refractivity contribution in [1.29, 1.82) is 0 Å². The Morgan fingerprint density at radius 3 is 1.95 bits per heavy atom. The largest absolute Gasteiger partial charge is 0.495 e. The minimum Gasteiger partial charge on any atom is -0.399 e. The molecule has 0 unspecified atom stereocenters. The van der Waals surface area contributed by atoms with Crippen LogP contribution in [0.2, 0.25) is 0 Å². The second-order valence-corrected chi connectivity index (χ2v) is 8.06. The fraction of sp³-hybridized carbons (Fsp3) is 0.571. The van der Waals surface area contributed by atoms with E-state index in [1.807, 2.05) is 33.8 Å². The van der Waals surface area contributed by atoms with Gasteiger partial charge in [0.1, 0.15) is 0 Å². The molecule has 1 aromatic carbocycles. The van der Waals surface area contributed by atoms with Gasteiger partial charge in [-0.2, -0.15) is 0 Å². The number of nitrogens with two attached hydrogens (primary N) is 1. The Bertz CT molecular complexity index is 666. The summed E-state index contributed by atoms with van der Waals surface area (Å²) in [6.07, 6.45) is 0. The molecule has 1 aliphatic rings. The van der Waals surface area contributed by atoms with Crippen molar-refractivity contribution in [1.82, 2.24) is 0 Å². The van der Waals surface area contributed by atoms with Crippen LogP contribution >= 0.6 is 0 Å². The Labute approximate surface area is 127 Å². The van der Waals surface area contributed by atoms with E-state index in [2.05, 4.69) is 0 Å². The van der Waals surface area contributed by atoms with E-state index < -0.39 is 28.3 Å². The average molecular weight is 311 g/mol. The second kappa shape index (κ2) is 4.81. The fourth-order valence-corrected chi connectivity index (χ4v) is 3.57. The van der Waals surface area contributed by atoms with Crippen molar-refractivity contribution in [2.45, 2.75) is 57.6 Å². The number of rotatable bonds is 2. The third-order valence-corrected chi connectivity index (χ3v) is 5.63. The summed E-state index contributed by atoms with van der Waals surface area (Å²) in [7, 11) is -4.39. The SMILES string of the molecule is Cc1ccc(B2OC(C)(C)C(C)(C)O2)c(C)c1S(N)(=O)=O. The maximum atomic E-state index is 11.8. The molecule has 0 aromatic heterocycles. The lowest BCUT2D eigenvalue weighted by Gasteiger charge is -2.32. The third-order valence-electron chi connectivity index (χ3n) is 4.44. The molecule has 5 nitrogen and oxygen atoms in total. The number of benzene rings is 1. The van der Waals surface area contributed by atoms with Gasteiger partial charge in [-0.3, -0.25) is 0 Å². The highest BCUT2D eigenvalue weighted by Gasteiger charge is 2.52. The van der Waals surface area contributed by atoms with Crippen molar-refractivity contribution in [3.63, 3.8) is 0 Å². The van der Waals surface area contributed by atoms with Gasteiger partial charge in [0.25, 0.3) is 0 Å². The monoisotopic (exact) mass is 311 g/mol. The molecule has 0 bridgehead atoms.